The van der Waals surface area contributed by atoms with Gasteiger partial charge in [0, 0.05) is 17.7 Å². The maximum atomic E-state index is 11.2. The number of amides is 1. The highest BCUT2D eigenvalue weighted by Gasteiger charge is 2.18. The minimum atomic E-state index is -0.539. The highest BCUT2D eigenvalue weighted by molar-refractivity contribution is 5.94. The zero-order valence-corrected chi connectivity index (χ0v) is 8.08. The fourth-order valence-electron chi connectivity index (χ4n) is 1.78. The fourth-order valence-corrected chi connectivity index (χ4v) is 1.78. The number of carbonyl (C=O) groups excluding carboxylic acids is 1. The number of aliphatic hydroxyl groups excluding tert-OH is 1. The number of carbonyl (C=O) groups is 1. The normalized spacial score (nSPS) is 17.1. The van der Waals surface area contributed by atoms with Gasteiger partial charge < -0.3 is 10.4 Å². The van der Waals surface area contributed by atoms with Crippen LogP contribution in [0.3, 0.4) is 0 Å². The second kappa shape index (κ2) is 3.42. The molecule has 1 amide bonds. The topological polar surface area (TPSA) is 49.3 Å². The van der Waals surface area contributed by atoms with Gasteiger partial charge in [0.25, 0.3) is 0 Å². The van der Waals surface area contributed by atoms with E-state index in [9.17, 15) is 9.90 Å². The van der Waals surface area contributed by atoms with E-state index in [1.165, 1.54) is 0 Å². The second-order valence-electron chi connectivity index (χ2n) is 3.61. The van der Waals surface area contributed by atoms with Crippen molar-refractivity contribution >= 4 is 11.6 Å². The van der Waals surface area contributed by atoms with E-state index in [0.717, 1.165) is 23.2 Å². The van der Waals surface area contributed by atoms with Crippen LogP contribution in [0.4, 0.5) is 5.69 Å². The van der Waals surface area contributed by atoms with Gasteiger partial charge in [-0.05, 0) is 18.9 Å². The molecule has 2 N–H and O–H groups in total. The fraction of sp³-hybridized carbons (Fsp3) is 0.364. The SMILES string of the molecule is CC(O)c1cccc2c1NC(=O)CC2. The quantitative estimate of drug-likeness (QED) is 0.708. The lowest BCUT2D eigenvalue weighted by atomic mass is 9.97. The van der Waals surface area contributed by atoms with Crippen molar-refractivity contribution in [3.63, 3.8) is 0 Å². The minimum absolute atomic E-state index is 0.0330. The third-order valence-electron chi connectivity index (χ3n) is 2.52. The number of nitrogens with one attached hydrogen (secondary N) is 1. The van der Waals surface area contributed by atoms with E-state index in [0.29, 0.717) is 6.42 Å². The number of aryl methyl sites for hydroxylation is 1. The summed E-state index contributed by atoms with van der Waals surface area (Å²) in [7, 11) is 0. The molecule has 3 heteroatoms. The van der Waals surface area contributed by atoms with Crippen molar-refractivity contribution in [2.24, 2.45) is 0 Å². The first-order valence-corrected chi connectivity index (χ1v) is 4.78. The largest absolute Gasteiger partial charge is 0.389 e. The number of fused-ring (bicyclic) bond motifs is 1. The summed E-state index contributed by atoms with van der Waals surface area (Å²) >= 11 is 0. The van der Waals surface area contributed by atoms with Crippen molar-refractivity contribution in [1.29, 1.82) is 0 Å². The van der Waals surface area contributed by atoms with Crippen molar-refractivity contribution in [1.82, 2.24) is 0 Å². The molecule has 0 aliphatic carbocycles. The number of aliphatic hydroxyl groups is 1. The molecule has 1 aromatic carbocycles. The molecule has 0 bridgehead atoms. The van der Waals surface area contributed by atoms with Gasteiger partial charge in [0.1, 0.15) is 0 Å². The number of hydrogen-bond acceptors (Lipinski definition) is 2. The molecule has 0 spiro atoms. The van der Waals surface area contributed by atoms with Gasteiger partial charge in [-0.3, -0.25) is 4.79 Å². The van der Waals surface area contributed by atoms with Crippen LogP contribution < -0.4 is 5.32 Å². The summed E-state index contributed by atoms with van der Waals surface area (Å²) < 4.78 is 0. The van der Waals surface area contributed by atoms with Crippen LogP contribution in [0.15, 0.2) is 18.2 Å². The molecule has 0 fully saturated rings. The van der Waals surface area contributed by atoms with E-state index >= 15 is 0 Å². The standard InChI is InChI=1S/C11H13NO2/c1-7(13)9-4-2-3-8-5-6-10(14)12-11(8)9/h2-4,7,13H,5-6H2,1H3,(H,12,14). The summed E-state index contributed by atoms with van der Waals surface area (Å²) in [4.78, 5) is 11.2. The van der Waals surface area contributed by atoms with Gasteiger partial charge in [-0.15, -0.1) is 0 Å². The summed E-state index contributed by atoms with van der Waals surface area (Å²) in [6, 6.07) is 5.74. The molecule has 1 aliphatic heterocycles. The lowest BCUT2D eigenvalue weighted by Gasteiger charge is -2.21. The Bertz CT molecular complexity index is 372. The van der Waals surface area contributed by atoms with Gasteiger partial charge in [0.15, 0.2) is 0 Å². The molecule has 0 radical (unpaired) electrons. The molecule has 14 heavy (non-hydrogen) atoms. The molecular weight excluding hydrogens is 178 g/mol. The van der Waals surface area contributed by atoms with Gasteiger partial charge in [-0.2, -0.15) is 0 Å². The Kier molecular flexibility index (Phi) is 2.25. The van der Waals surface area contributed by atoms with E-state index in [4.69, 9.17) is 0 Å². The maximum Gasteiger partial charge on any atom is 0.224 e. The Balaban J connectivity index is 2.48. The summed E-state index contributed by atoms with van der Waals surface area (Å²) in [6.45, 7) is 1.70. The van der Waals surface area contributed by atoms with Crippen LogP contribution in [-0.2, 0) is 11.2 Å². The van der Waals surface area contributed by atoms with Gasteiger partial charge in [0.05, 0.1) is 6.10 Å². The van der Waals surface area contributed by atoms with Crippen LogP contribution in [-0.4, -0.2) is 11.0 Å². The molecule has 2 rings (SSSR count). The first-order chi connectivity index (χ1) is 6.68. The van der Waals surface area contributed by atoms with E-state index in [1.54, 1.807) is 6.92 Å². The third kappa shape index (κ3) is 1.51. The predicted octanol–water partition coefficient (Wildman–Crippen LogP) is 1.62. The number of anilines is 1. The first kappa shape index (κ1) is 9.21. The Morgan fingerprint density at radius 2 is 2.21 bits per heavy atom. The van der Waals surface area contributed by atoms with Crippen LogP contribution in [0.25, 0.3) is 0 Å². The van der Waals surface area contributed by atoms with Crippen molar-refractivity contribution in [3.8, 4) is 0 Å². The van der Waals surface area contributed by atoms with Crippen LogP contribution in [0.2, 0.25) is 0 Å². The van der Waals surface area contributed by atoms with E-state index in [2.05, 4.69) is 5.32 Å². The van der Waals surface area contributed by atoms with Gasteiger partial charge in [0.2, 0.25) is 5.91 Å². The minimum Gasteiger partial charge on any atom is -0.389 e. The molecule has 1 heterocycles. The number of hydrogen-bond donors (Lipinski definition) is 2. The van der Waals surface area contributed by atoms with Crippen molar-refractivity contribution in [2.45, 2.75) is 25.9 Å². The summed E-state index contributed by atoms with van der Waals surface area (Å²) in [6.07, 6.45) is 0.765. The lowest BCUT2D eigenvalue weighted by Crippen LogP contribution is -2.20. The van der Waals surface area contributed by atoms with E-state index in [-0.39, 0.29) is 5.91 Å². The highest BCUT2D eigenvalue weighted by atomic mass is 16.3. The van der Waals surface area contributed by atoms with Crippen molar-refractivity contribution in [3.05, 3.63) is 29.3 Å². The molecule has 3 nitrogen and oxygen atoms in total. The molecule has 0 aromatic heterocycles. The Morgan fingerprint density at radius 1 is 1.43 bits per heavy atom. The molecule has 1 aliphatic rings. The van der Waals surface area contributed by atoms with Crippen LogP contribution in [0.1, 0.15) is 30.6 Å². The summed E-state index contributed by atoms with van der Waals surface area (Å²) in [5, 5.41) is 12.3. The Labute approximate surface area is 82.8 Å². The Hall–Kier alpha value is -1.35. The number of rotatable bonds is 1. The number of benzene rings is 1. The van der Waals surface area contributed by atoms with Crippen molar-refractivity contribution < 1.29 is 9.90 Å². The molecule has 74 valence electrons. The average Bonchev–Trinajstić information content (AvgIpc) is 2.16. The van der Waals surface area contributed by atoms with Gasteiger partial charge in [-0.1, -0.05) is 18.2 Å². The molecule has 0 saturated carbocycles. The van der Waals surface area contributed by atoms with E-state index < -0.39 is 6.10 Å². The third-order valence-corrected chi connectivity index (χ3v) is 2.52. The van der Waals surface area contributed by atoms with Gasteiger partial charge in [-0.25, -0.2) is 0 Å². The maximum absolute atomic E-state index is 11.2. The van der Waals surface area contributed by atoms with Crippen LogP contribution in [0.5, 0.6) is 0 Å². The highest BCUT2D eigenvalue weighted by Crippen LogP contribution is 2.30. The molecule has 0 saturated heterocycles. The first-order valence-electron chi connectivity index (χ1n) is 4.78. The lowest BCUT2D eigenvalue weighted by molar-refractivity contribution is -0.116. The molecule has 1 atom stereocenters. The molecule has 1 aromatic rings. The average molecular weight is 191 g/mol. The Morgan fingerprint density at radius 3 is 2.93 bits per heavy atom. The predicted molar refractivity (Wildman–Crippen MR) is 54.0 cm³/mol. The summed E-state index contributed by atoms with van der Waals surface area (Å²) in [5.74, 6) is 0.0330. The van der Waals surface area contributed by atoms with Crippen LogP contribution >= 0.6 is 0 Å². The van der Waals surface area contributed by atoms with Crippen molar-refractivity contribution in [2.75, 3.05) is 5.32 Å². The second-order valence-corrected chi connectivity index (χ2v) is 3.61. The number of para-hydroxylation sites is 1. The molecular formula is C11H13NO2. The van der Waals surface area contributed by atoms with Gasteiger partial charge >= 0.3 is 0 Å². The zero-order chi connectivity index (χ0) is 10.1. The molecule has 1 unspecified atom stereocenters. The van der Waals surface area contributed by atoms with Crippen LogP contribution in [0, 0.1) is 0 Å². The monoisotopic (exact) mass is 191 g/mol. The zero-order valence-electron chi connectivity index (χ0n) is 8.08. The summed E-state index contributed by atoms with van der Waals surface area (Å²) in [5.41, 5.74) is 2.72. The smallest absolute Gasteiger partial charge is 0.224 e. The van der Waals surface area contributed by atoms with E-state index in [1.807, 2.05) is 18.2 Å².